The molecule has 0 unspecified atom stereocenters. The Morgan fingerprint density at radius 1 is 1.03 bits per heavy atom. The highest BCUT2D eigenvalue weighted by atomic mass is 35.5. The number of carbonyl (C=O) groups excluding carboxylic acids is 1. The average molecular weight is 440 g/mol. The molecule has 4 rings (SSSR count). The molecule has 1 amide bonds. The van der Waals surface area contributed by atoms with Gasteiger partial charge in [0.1, 0.15) is 18.5 Å². The minimum Gasteiger partial charge on any atom is -0.480 e. The predicted molar refractivity (Wildman–Crippen MR) is 115 cm³/mol. The molecule has 1 aliphatic carbocycles. The van der Waals surface area contributed by atoms with E-state index >= 15 is 0 Å². The summed E-state index contributed by atoms with van der Waals surface area (Å²) in [4.78, 5) is 23.9. The first-order valence-corrected chi connectivity index (χ1v) is 10.1. The van der Waals surface area contributed by atoms with E-state index in [4.69, 9.17) is 16.3 Å². The lowest BCUT2D eigenvalue weighted by Gasteiger charge is -2.18. The first kappa shape index (κ1) is 20.9. The van der Waals surface area contributed by atoms with Crippen LogP contribution in [-0.4, -0.2) is 29.8 Å². The molecule has 0 heterocycles. The number of hydrogen-bond acceptors (Lipinski definition) is 3. The van der Waals surface area contributed by atoms with E-state index in [1.807, 2.05) is 48.5 Å². The first-order valence-electron chi connectivity index (χ1n) is 9.72. The smallest absolute Gasteiger partial charge is 0.407 e. The van der Waals surface area contributed by atoms with Crippen molar-refractivity contribution in [3.8, 4) is 11.1 Å². The topological polar surface area (TPSA) is 75.6 Å². The SMILES string of the molecule is O=C(N[C@@H](Cc1ccc(Cl)cc1F)C(=O)O)OCC1c2ccccc2-c2ccccc21. The third-order valence-electron chi connectivity index (χ3n) is 5.37. The van der Waals surface area contributed by atoms with Crippen molar-refractivity contribution < 1.29 is 23.8 Å². The van der Waals surface area contributed by atoms with Gasteiger partial charge in [0.2, 0.25) is 0 Å². The number of nitrogens with one attached hydrogen (secondary N) is 1. The van der Waals surface area contributed by atoms with Crippen molar-refractivity contribution in [2.45, 2.75) is 18.4 Å². The van der Waals surface area contributed by atoms with Crippen LogP contribution in [0.4, 0.5) is 9.18 Å². The zero-order valence-electron chi connectivity index (χ0n) is 16.3. The number of fused-ring (bicyclic) bond motifs is 3. The molecule has 1 aliphatic rings. The van der Waals surface area contributed by atoms with Gasteiger partial charge in [-0.3, -0.25) is 0 Å². The van der Waals surface area contributed by atoms with E-state index in [1.165, 1.54) is 12.1 Å². The molecule has 5 nitrogen and oxygen atoms in total. The van der Waals surface area contributed by atoms with Gasteiger partial charge in [-0.25, -0.2) is 14.0 Å². The molecule has 31 heavy (non-hydrogen) atoms. The molecule has 0 radical (unpaired) electrons. The maximum atomic E-state index is 14.0. The Balaban J connectivity index is 1.44. The van der Waals surface area contributed by atoms with Gasteiger partial charge in [-0.15, -0.1) is 0 Å². The number of benzene rings is 3. The molecule has 0 saturated heterocycles. The summed E-state index contributed by atoms with van der Waals surface area (Å²) in [6, 6.07) is 18.4. The molecule has 1 atom stereocenters. The Bertz CT molecular complexity index is 1100. The number of hydrogen-bond donors (Lipinski definition) is 2. The molecular formula is C24H19ClFNO4. The zero-order chi connectivity index (χ0) is 22.0. The molecule has 3 aromatic rings. The van der Waals surface area contributed by atoms with Crippen LogP contribution in [0, 0.1) is 5.82 Å². The van der Waals surface area contributed by atoms with Gasteiger partial charge in [-0.2, -0.15) is 0 Å². The largest absolute Gasteiger partial charge is 0.480 e. The van der Waals surface area contributed by atoms with E-state index in [-0.39, 0.29) is 29.5 Å². The van der Waals surface area contributed by atoms with E-state index in [1.54, 1.807) is 0 Å². The highest BCUT2D eigenvalue weighted by Gasteiger charge is 2.30. The minimum absolute atomic E-state index is 0.0570. The lowest BCUT2D eigenvalue weighted by atomic mass is 9.98. The highest BCUT2D eigenvalue weighted by Crippen LogP contribution is 2.44. The summed E-state index contributed by atoms with van der Waals surface area (Å²) in [7, 11) is 0. The van der Waals surface area contributed by atoms with Crippen LogP contribution in [0.15, 0.2) is 66.7 Å². The fourth-order valence-electron chi connectivity index (χ4n) is 3.89. The Labute approximate surface area is 183 Å². The fraction of sp³-hybridized carbons (Fsp3) is 0.167. The zero-order valence-corrected chi connectivity index (χ0v) is 17.1. The number of carboxylic acid groups (broad SMARTS) is 1. The van der Waals surface area contributed by atoms with Gasteiger partial charge in [-0.1, -0.05) is 66.2 Å². The predicted octanol–water partition coefficient (Wildman–Crippen LogP) is 5.01. The Kier molecular flexibility index (Phi) is 5.91. The molecule has 0 spiro atoms. The van der Waals surface area contributed by atoms with E-state index < -0.39 is 23.9 Å². The number of carbonyl (C=O) groups is 2. The number of halogens is 2. The normalized spacial score (nSPS) is 13.2. The summed E-state index contributed by atoms with van der Waals surface area (Å²) in [5.74, 6) is -2.06. The molecule has 0 aromatic heterocycles. The van der Waals surface area contributed by atoms with Gasteiger partial charge in [0, 0.05) is 17.4 Å². The Morgan fingerprint density at radius 2 is 1.65 bits per heavy atom. The van der Waals surface area contributed by atoms with Gasteiger partial charge < -0.3 is 15.2 Å². The van der Waals surface area contributed by atoms with Crippen LogP contribution in [0.1, 0.15) is 22.6 Å². The van der Waals surface area contributed by atoms with Crippen molar-refractivity contribution in [3.05, 3.63) is 94.3 Å². The molecule has 2 N–H and O–H groups in total. The fourth-order valence-corrected chi connectivity index (χ4v) is 4.05. The van der Waals surface area contributed by atoms with Crippen LogP contribution < -0.4 is 5.32 Å². The lowest BCUT2D eigenvalue weighted by Crippen LogP contribution is -2.43. The Hall–Kier alpha value is -3.38. The van der Waals surface area contributed by atoms with Crippen molar-refractivity contribution in [3.63, 3.8) is 0 Å². The summed E-state index contributed by atoms with van der Waals surface area (Å²) in [6.45, 7) is 0.0570. The highest BCUT2D eigenvalue weighted by molar-refractivity contribution is 6.30. The monoisotopic (exact) mass is 439 g/mol. The van der Waals surface area contributed by atoms with Crippen molar-refractivity contribution in [2.24, 2.45) is 0 Å². The summed E-state index contributed by atoms with van der Waals surface area (Å²) in [5, 5.41) is 12.0. The van der Waals surface area contributed by atoms with Crippen LogP contribution in [-0.2, 0) is 16.0 Å². The summed E-state index contributed by atoms with van der Waals surface area (Å²) < 4.78 is 19.4. The van der Waals surface area contributed by atoms with Gasteiger partial charge in [0.25, 0.3) is 0 Å². The minimum atomic E-state index is -1.34. The number of aliphatic carboxylic acids is 1. The number of rotatable bonds is 6. The quantitative estimate of drug-likeness (QED) is 0.566. The molecule has 0 aliphatic heterocycles. The van der Waals surface area contributed by atoms with E-state index in [0.29, 0.717) is 0 Å². The Morgan fingerprint density at radius 3 is 2.23 bits per heavy atom. The molecular weight excluding hydrogens is 421 g/mol. The summed E-state index contributed by atoms with van der Waals surface area (Å²) >= 11 is 5.73. The van der Waals surface area contributed by atoms with Crippen LogP contribution in [0.3, 0.4) is 0 Å². The maximum absolute atomic E-state index is 14.0. The van der Waals surface area contributed by atoms with E-state index in [0.717, 1.165) is 28.3 Å². The van der Waals surface area contributed by atoms with Crippen molar-refractivity contribution in [1.29, 1.82) is 0 Å². The van der Waals surface area contributed by atoms with Gasteiger partial charge >= 0.3 is 12.1 Å². The maximum Gasteiger partial charge on any atom is 0.407 e. The van der Waals surface area contributed by atoms with Gasteiger partial charge in [0.05, 0.1) is 0 Å². The molecule has 158 valence electrons. The van der Waals surface area contributed by atoms with Crippen LogP contribution in [0.5, 0.6) is 0 Å². The second-order valence-electron chi connectivity index (χ2n) is 7.30. The number of alkyl carbamates (subject to hydrolysis) is 1. The molecule has 3 aromatic carbocycles. The van der Waals surface area contributed by atoms with Crippen LogP contribution in [0.25, 0.3) is 11.1 Å². The van der Waals surface area contributed by atoms with E-state index in [9.17, 15) is 19.1 Å². The van der Waals surface area contributed by atoms with Crippen molar-refractivity contribution in [1.82, 2.24) is 5.32 Å². The molecule has 0 bridgehead atoms. The van der Waals surface area contributed by atoms with Crippen molar-refractivity contribution >= 4 is 23.7 Å². The molecule has 0 saturated carbocycles. The van der Waals surface area contributed by atoms with Crippen LogP contribution >= 0.6 is 11.6 Å². The third kappa shape index (κ3) is 4.39. The lowest BCUT2D eigenvalue weighted by molar-refractivity contribution is -0.139. The second-order valence-corrected chi connectivity index (χ2v) is 7.74. The van der Waals surface area contributed by atoms with Crippen molar-refractivity contribution in [2.75, 3.05) is 6.61 Å². The van der Waals surface area contributed by atoms with Gasteiger partial charge in [-0.05, 0) is 39.9 Å². The average Bonchev–Trinajstić information content (AvgIpc) is 3.07. The number of carboxylic acids is 1. The summed E-state index contributed by atoms with van der Waals surface area (Å²) in [6.07, 6.45) is -1.11. The number of ether oxygens (including phenoxy) is 1. The van der Waals surface area contributed by atoms with Crippen LogP contribution in [0.2, 0.25) is 5.02 Å². The molecule has 7 heteroatoms. The second kappa shape index (κ2) is 8.78. The third-order valence-corrected chi connectivity index (χ3v) is 5.61. The standard InChI is InChI=1S/C24H19ClFNO4/c25-15-10-9-14(21(26)12-15)11-22(23(28)29)27-24(30)31-13-20-18-7-3-1-5-16(18)17-6-2-4-8-19(17)20/h1-10,12,20,22H,11,13H2,(H,27,30)(H,28,29)/t22-/m0/s1. The van der Waals surface area contributed by atoms with Gasteiger partial charge in [0.15, 0.2) is 0 Å². The first-order chi connectivity index (χ1) is 14.9. The summed E-state index contributed by atoms with van der Waals surface area (Å²) in [5.41, 5.74) is 4.42. The van der Waals surface area contributed by atoms with E-state index in [2.05, 4.69) is 5.32 Å². The molecule has 0 fully saturated rings. The number of amides is 1.